The summed E-state index contributed by atoms with van der Waals surface area (Å²) < 4.78 is 5.54. The molecule has 1 aliphatic rings. The number of hydrogen-bond acceptors (Lipinski definition) is 4. The second-order valence-corrected chi connectivity index (χ2v) is 5.50. The number of hydrogen-bond donors (Lipinski definition) is 1. The van der Waals surface area contributed by atoms with Gasteiger partial charge in [-0.2, -0.15) is 0 Å². The fourth-order valence-electron chi connectivity index (χ4n) is 2.04. The topological polar surface area (TPSA) is 66.8 Å². The van der Waals surface area contributed by atoms with Crippen LogP contribution in [0.25, 0.3) is 0 Å². The maximum absolute atomic E-state index is 12.1. The van der Waals surface area contributed by atoms with Gasteiger partial charge in [-0.15, -0.1) is 11.8 Å². The maximum atomic E-state index is 12.1. The minimum Gasteiger partial charge on any atom is -0.490 e. The van der Waals surface area contributed by atoms with E-state index in [4.69, 9.17) is 9.84 Å². The van der Waals surface area contributed by atoms with E-state index >= 15 is 0 Å². The number of thioether (sulfide) groups is 1. The predicted molar refractivity (Wildman–Crippen MR) is 77.6 cm³/mol. The van der Waals surface area contributed by atoms with Gasteiger partial charge in [-0.3, -0.25) is 9.59 Å². The van der Waals surface area contributed by atoms with E-state index in [0.717, 1.165) is 17.0 Å². The molecule has 2 rings (SSSR count). The lowest BCUT2D eigenvalue weighted by Gasteiger charge is -2.30. The molecular weight excluding hydrogens is 278 g/mol. The van der Waals surface area contributed by atoms with Gasteiger partial charge < -0.3 is 14.7 Å². The highest BCUT2D eigenvalue weighted by Crippen LogP contribution is 2.35. The quantitative estimate of drug-likeness (QED) is 0.845. The fraction of sp³-hybridized carbons (Fsp3) is 0.429. The Hall–Kier alpha value is -1.69. The van der Waals surface area contributed by atoms with Gasteiger partial charge in [-0.05, 0) is 24.6 Å². The van der Waals surface area contributed by atoms with Crippen LogP contribution in [-0.4, -0.2) is 35.9 Å². The van der Waals surface area contributed by atoms with E-state index in [1.54, 1.807) is 11.0 Å². The molecule has 1 aliphatic heterocycles. The molecule has 0 spiro atoms. The van der Waals surface area contributed by atoms with Gasteiger partial charge in [0.05, 0.1) is 18.0 Å². The van der Waals surface area contributed by atoms with Gasteiger partial charge in [0.1, 0.15) is 12.4 Å². The van der Waals surface area contributed by atoms with Crippen LogP contribution in [0.15, 0.2) is 23.1 Å². The average Bonchev–Trinajstić information content (AvgIpc) is 2.44. The number of carbonyl (C=O) groups excluding carboxylic acids is 1. The average molecular weight is 295 g/mol. The molecule has 1 aromatic rings. The van der Waals surface area contributed by atoms with Crippen molar-refractivity contribution in [2.75, 3.05) is 23.8 Å². The molecular formula is C14H17NO4S. The number of nitrogens with zero attached hydrogens (tertiary/aromatic N) is 1. The molecule has 0 bridgehead atoms. The van der Waals surface area contributed by atoms with Crippen LogP contribution < -0.4 is 9.64 Å². The highest BCUT2D eigenvalue weighted by atomic mass is 32.2. The van der Waals surface area contributed by atoms with Crippen molar-refractivity contribution in [2.24, 2.45) is 0 Å². The van der Waals surface area contributed by atoms with Crippen LogP contribution in [0, 0.1) is 0 Å². The number of carbonyl (C=O) groups is 2. The van der Waals surface area contributed by atoms with E-state index in [9.17, 15) is 9.59 Å². The SMILES string of the molecule is CCCC(=O)N1CCOc2ccc(SCC(=O)O)cc21. The summed E-state index contributed by atoms with van der Waals surface area (Å²) in [5.74, 6) is -0.0940. The normalized spacial score (nSPS) is 13.6. The minimum absolute atomic E-state index is 0.00253. The molecule has 0 unspecified atom stereocenters. The van der Waals surface area contributed by atoms with Crippen LogP contribution in [0.2, 0.25) is 0 Å². The Labute approximate surface area is 121 Å². The number of rotatable bonds is 5. The van der Waals surface area contributed by atoms with E-state index in [2.05, 4.69) is 0 Å². The summed E-state index contributed by atoms with van der Waals surface area (Å²) in [7, 11) is 0. The second kappa shape index (κ2) is 6.65. The molecule has 5 nitrogen and oxygen atoms in total. The molecule has 0 atom stereocenters. The highest BCUT2D eigenvalue weighted by molar-refractivity contribution is 8.00. The van der Waals surface area contributed by atoms with Gasteiger partial charge in [-0.1, -0.05) is 6.92 Å². The first-order valence-corrected chi connectivity index (χ1v) is 7.52. The van der Waals surface area contributed by atoms with Crippen LogP contribution in [0.4, 0.5) is 5.69 Å². The Balaban J connectivity index is 2.21. The van der Waals surface area contributed by atoms with E-state index in [0.29, 0.717) is 25.3 Å². The molecule has 1 amide bonds. The molecule has 1 N–H and O–H groups in total. The summed E-state index contributed by atoms with van der Waals surface area (Å²) in [6.07, 6.45) is 1.31. The summed E-state index contributed by atoms with van der Waals surface area (Å²) >= 11 is 1.24. The van der Waals surface area contributed by atoms with Gasteiger partial charge >= 0.3 is 5.97 Å². The van der Waals surface area contributed by atoms with Crippen molar-refractivity contribution in [2.45, 2.75) is 24.7 Å². The molecule has 0 aromatic heterocycles. The van der Waals surface area contributed by atoms with E-state index in [1.165, 1.54) is 11.8 Å². The lowest BCUT2D eigenvalue weighted by molar-refractivity contribution is -0.133. The number of anilines is 1. The Bertz CT molecular complexity index is 518. The first-order valence-electron chi connectivity index (χ1n) is 6.53. The van der Waals surface area contributed by atoms with Crippen molar-refractivity contribution in [3.63, 3.8) is 0 Å². The first-order chi connectivity index (χ1) is 9.61. The molecule has 0 saturated carbocycles. The number of carboxylic acids is 1. The lowest BCUT2D eigenvalue weighted by Crippen LogP contribution is -2.37. The predicted octanol–water partition coefficient (Wildman–Crippen LogP) is 2.39. The van der Waals surface area contributed by atoms with Gasteiger partial charge in [0, 0.05) is 11.3 Å². The monoisotopic (exact) mass is 295 g/mol. The molecule has 20 heavy (non-hydrogen) atoms. The van der Waals surface area contributed by atoms with Crippen LogP contribution in [0.5, 0.6) is 5.75 Å². The summed E-state index contributed by atoms with van der Waals surface area (Å²) in [6.45, 7) is 3.00. The Morgan fingerprint density at radius 3 is 2.95 bits per heavy atom. The molecule has 1 heterocycles. The number of ether oxygens (including phenoxy) is 1. The molecule has 1 aromatic carbocycles. The largest absolute Gasteiger partial charge is 0.490 e. The molecule has 6 heteroatoms. The van der Waals surface area contributed by atoms with Crippen LogP contribution in [0.1, 0.15) is 19.8 Å². The fourth-order valence-corrected chi connectivity index (χ4v) is 2.69. The third-order valence-electron chi connectivity index (χ3n) is 2.92. The van der Waals surface area contributed by atoms with Crippen LogP contribution in [0.3, 0.4) is 0 Å². The molecule has 0 aliphatic carbocycles. The smallest absolute Gasteiger partial charge is 0.313 e. The zero-order valence-electron chi connectivity index (χ0n) is 11.3. The standard InChI is InChI=1S/C14H17NO4S/c1-2-3-13(16)15-6-7-19-12-5-4-10(8-11(12)15)20-9-14(17)18/h4-5,8H,2-3,6-7,9H2,1H3,(H,17,18). The van der Waals surface area contributed by atoms with E-state index in [1.807, 2.05) is 19.1 Å². The first kappa shape index (κ1) is 14.7. The third kappa shape index (κ3) is 3.45. The summed E-state index contributed by atoms with van der Waals surface area (Å²) in [6, 6.07) is 5.45. The zero-order chi connectivity index (χ0) is 14.5. The Morgan fingerprint density at radius 1 is 1.45 bits per heavy atom. The number of carboxylic acid groups (broad SMARTS) is 1. The maximum Gasteiger partial charge on any atom is 0.313 e. The summed E-state index contributed by atoms with van der Waals surface area (Å²) in [4.78, 5) is 25.3. The molecule has 108 valence electrons. The summed E-state index contributed by atoms with van der Waals surface area (Å²) in [5, 5.41) is 8.71. The van der Waals surface area contributed by atoms with E-state index < -0.39 is 5.97 Å². The minimum atomic E-state index is -0.858. The number of fused-ring (bicyclic) bond motifs is 1. The van der Waals surface area contributed by atoms with Crippen molar-refractivity contribution in [3.05, 3.63) is 18.2 Å². The Morgan fingerprint density at radius 2 is 2.25 bits per heavy atom. The van der Waals surface area contributed by atoms with Crippen LogP contribution in [-0.2, 0) is 9.59 Å². The highest BCUT2D eigenvalue weighted by Gasteiger charge is 2.23. The van der Waals surface area contributed by atoms with E-state index in [-0.39, 0.29) is 11.7 Å². The van der Waals surface area contributed by atoms with Crippen molar-refractivity contribution >= 4 is 29.3 Å². The van der Waals surface area contributed by atoms with Crippen molar-refractivity contribution < 1.29 is 19.4 Å². The zero-order valence-corrected chi connectivity index (χ0v) is 12.1. The van der Waals surface area contributed by atoms with Gasteiger partial charge in [-0.25, -0.2) is 0 Å². The molecule has 0 radical (unpaired) electrons. The van der Waals surface area contributed by atoms with Crippen molar-refractivity contribution in [1.29, 1.82) is 0 Å². The number of benzene rings is 1. The van der Waals surface area contributed by atoms with Crippen molar-refractivity contribution in [3.8, 4) is 5.75 Å². The van der Waals surface area contributed by atoms with Crippen molar-refractivity contribution in [1.82, 2.24) is 0 Å². The molecule has 0 fully saturated rings. The van der Waals surface area contributed by atoms with Gasteiger partial charge in [0.2, 0.25) is 5.91 Å². The molecule has 0 saturated heterocycles. The third-order valence-corrected chi connectivity index (χ3v) is 3.90. The summed E-state index contributed by atoms with van der Waals surface area (Å²) in [5.41, 5.74) is 0.741. The number of amides is 1. The van der Waals surface area contributed by atoms with Gasteiger partial charge in [0.25, 0.3) is 0 Å². The lowest BCUT2D eigenvalue weighted by atomic mass is 10.2. The second-order valence-electron chi connectivity index (χ2n) is 4.46. The Kier molecular flexibility index (Phi) is 4.89. The number of aliphatic carboxylic acids is 1. The van der Waals surface area contributed by atoms with Gasteiger partial charge in [0.15, 0.2) is 0 Å². The van der Waals surface area contributed by atoms with Crippen LogP contribution >= 0.6 is 11.8 Å².